The molecule has 2 aliphatic heterocycles. The summed E-state index contributed by atoms with van der Waals surface area (Å²) >= 11 is 0. The average molecular weight is 161 g/mol. The molecule has 2 heterocycles. The topological polar surface area (TPSA) is 32.7 Å². The highest BCUT2D eigenvalue weighted by atomic mass is 19.1. The summed E-state index contributed by atoms with van der Waals surface area (Å²) < 4.78 is 17.4. The van der Waals surface area contributed by atoms with Crippen molar-refractivity contribution in [3.8, 4) is 0 Å². The first kappa shape index (κ1) is 7.46. The van der Waals surface area contributed by atoms with Crippen molar-refractivity contribution in [2.75, 3.05) is 26.3 Å². The Hall–Kier alpha value is -0.190. The lowest BCUT2D eigenvalue weighted by atomic mass is 10.1. The number of halogens is 1. The summed E-state index contributed by atoms with van der Waals surface area (Å²) in [7, 11) is 0. The Morgan fingerprint density at radius 1 is 1.36 bits per heavy atom. The molecule has 2 saturated heterocycles. The molecule has 0 spiro atoms. The lowest BCUT2D eigenvalue weighted by Crippen LogP contribution is -2.57. The molecule has 0 saturated carbocycles. The number of ether oxygens (including phenoxy) is 1. The van der Waals surface area contributed by atoms with Crippen LogP contribution >= 0.6 is 0 Å². The highest BCUT2D eigenvalue weighted by Gasteiger charge is 2.38. The second-order valence-electron chi connectivity index (χ2n) is 3.22. The number of alkyl halides is 1. The lowest BCUT2D eigenvalue weighted by molar-refractivity contribution is -0.00853. The quantitative estimate of drug-likeness (QED) is 0.557. The van der Waals surface area contributed by atoms with Crippen LogP contribution in [0.1, 0.15) is 0 Å². The molecule has 0 aromatic rings. The van der Waals surface area contributed by atoms with E-state index in [1.807, 2.05) is 4.90 Å². The summed E-state index contributed by atoms with van der Waals surface area (Å²) in [5.41, 5.74) is 0. The summed E-state index contributed by atoms with van der Waals surface area (Å²) in [5, 5.41) is 9.32. The molecule has 2 aliphatic rings. The van der Waals surface area contributed by atoms with Gasteiger partial charge in [0.15, 0.2) is 0 Å². The molecule has 2 unspecified atom stereocenters. The van der Waals surface area contributed by atoms with Gasteiger partial charge in [0.2, 0.25) is 0 Å². The fraction of sp³-hybridized carbons (Fsp3) is 1.00. The fourth-order valence-electron chi connectivity index (χ4n) is 1.61. The van der Waals surface area contributed by atoms with Gasteiger partial charge in [0.05, 0.1) is 25.4 Å². The largest absolute Gasteiger partial charge is 0.389 e. The number of hydrogen-bond acceptors (Lipinski definition) is 3. The minimum Gasteiger partial charge on any atom is -0.389 e. The SMILES string of the molecule is OC1COCC1N1CC(F)C1. The second kappa shape index (κ2) is 2.69. The molecule has 0 radical (unpaired) electrons. The van der Waals surface area contributed by atoms with E-state index in [-0.39, 0.29) is 6.04 Å². The van der Waals surface area contributed by atoms with Gasteiger partial charge in [0.25, 0.3) is 0 Å². The van der Waals surface area contributed by atoms with Crippen LogP contribution in [0.25, 0.3) is 0 Å². The number of aliphatic hydroxyl groups is 1. The van der Waals surface area contributed by atoms with Gasteiger partial charge in [0.1, 0.15) is 6.17 Å². The van der Waals surface area contributed by atoms with E-state index < -0.39 is 12.3 Å². The Morgan fingerprint density at radius 3 is 2.55 bits per heavy atom. The van der Waals surface area contributed by atoms with E-state index in [4.69, 9.17) is 4.74 Å². The number of likely N-dealkylation sites (tertiary alicyclic amines) is 1. The Balaban J connectivity index is 1.85. The highest BCUT2D eigenvalue weighted by Crippen LogP contribution is 2.20. The zero-order valence-corrected chi connectivity index (χ0v) is 6.24. The van der Waals surface area contributed by atoms with Gasteiger partial charge in [-0.1, -0.05) is 0 Å². The Morgan fingerprint density at radius 2 is 2.09 bits per heavy atom. The number of rotatable bonds is 1. The van der Waals surface area contributed by atoms with Crippen LogP contribution in [-0.2, 0) is 4.74 Å². The fourth-order valence-corrected chi connectivity index (χ4v) is 1.61. The van der Waals surface area contributed by atoms with Crippen molar-refractivity contribution in [1.29, 1.82) is 0 Å². The molecule has 2 atom stereocenters. The van der Waals surface area contributed by atoms with Crippen molar-refractivity contribution in [3.05, 3.63) is 0 Å². The van der Waals surface area contributed by atoms with E-state index in [1.54, 1.807) is 0 Å². The van der Waals surface area contributed by atoms with Crippen LogP contribution < -0.4 is 0 Å². The van der Waals surface area contributed by atoms with E-state index in [1.165, 1.54) is 0 Å². The highest BCUT2D eigenvalue weighted by molar-refractivity contribution is 4.91. The first-order valence-electron chi connectivity index (χ1n) is 3.91. The molecule has 0 aromatic heterocycles. The molecule has 1 N–H and O–H groups in total. The maximum Gasteiger partial charge on any atom is 0.125 e. The van der Waals surface area contributed by atoms with Gasteiger partial charge in [-0.05, 0) is 0 Å². The second-order valence-corrected chi connectivity index (χ2v) is 3.22. The number of nitrogens with zero attached hydrogens (tertiary/aromatic N) is 1. The normalized spacial score (nSPS) is 40.9. The van der Waals surface area contributed by atoms with Crippen molar-refractivity contribution in [2.45, 2.75) is 18.3 Å². The van der Waals surface area contributed by atoms with Crippen LogP contribution in [0, 0.1) is 0 Å². The molecule has 11 heavy (non-hydrogen) atoms. The molecule has 0 amide bonds. The van der Waals surface area contributed by atoms with Crippen LogP contribution in [0.4, 0.5) is 4.39 Å². The molecule has 4 heteroatoms. The lowest BCUT2D eigenvalue weighted by Gasteiger charge is -2.39. The Labute approximate surface area is 64.8 Å². The monoisotopic (exact) mass is 161 g/mol. The van der Waals surface area contributed by atoms with Gasteiger partial charge < -0.3 is 9.84 Å². The molecule has 64 valence electrons. The predicted molar refractivity (Wildman–Crippen MR) is 37.1 cm³/mol. The van der Waals surface area contributed by atoms with Crippen molar-refractivity contribution < 1.29 is 14.2 Å². The number of aliphatic hydroxyl groups excluding tert-OH is 1. The smallest absolute Gasteiger partial charge is 0.125 e. The minimum absolute atomic E-state index is 0.0435. The molecule has 3 nitrogen and oxygen atoms in total. The zero-order chi connectivity index (χ0) is 7.84. The average Bonchev–Trinajstić information content (AvgIpc) is 2.29. The predicted octanol–water partition coefficient (Wildman–Crippen LogP) is -0.600. The van der Waals surface area contributed by atoms with Crippen LogP contribution in [0.15, 0.2) is 0 Å². The van der Waals surface area contributed by atoms with E-state index in [0.717, 1.165) is 0 Å². The van der Waals surface area contributed by atoms with E-state index in [2.05, 4.69) is 0 Å². The summed E-state index contributed by atoms with van der Waals surface area (Å²) in [6.07, 6.45) is -1.11. The van der Waals surface area contributed by atoms with Crippen molar-refractivity contribution in [1.82, 2.24) is 4.90 Å². The van der Waals surface area contributed by atoms with Crippen molar-refractivity contribution >= 4 is 0 Å². The van der Waals surface area contributed by atoms with Gasteiger partial charge in [-0.15, -0.1) is 0 Å². The molecule has 2 fully saturated rings. The molecule has 0 bridgehead atoms. The standard InChI is InChI=1S/C7H12FNO2/c8-5-1-9(2-5)6-3-11-4-7(6)10/h5-7,10H,1-4H2. The maximum atomic E-state index is 12.4. The third kappa shape index (κ3) is 1.26. The van der Waals surface area contributed by atoms with Gasteiger partial charge in [-0.3, -0.25) is 4.90 Å². The van der Waals surface area contributed by atoms with Gasteiger partial charge in [-0.2, -0.15) is 0 Å². The Kier molecular flexibility index (Phi) is 1.83. The third-order valence-electron chi connectivity index (χ3n) is 2.36. The van der Waals surface area contributed by atoms with E-state index in [9.17, 15) is 9.50 Å². The van der Waals surface area contributed by atoms with Crippen molar-refractivity contribution in [3.63, 3.8) is 0 Å². The third-order valence-corrected chi connectivity index (χ3v) is 2.36. The molecular formula is C7H12FNO2. The molecule has 2 rings (SSSR count). The van der Waals surface area contributed by atoms with Gasteiger partial charge in [-0.25, -0.2) is 4.39 Å². The van der Waals surface area contributed by atoms with Crippen LogP contribution in [0.2, 0.25) is 0 Å². The van der Waals surface area contributed by atoms with Crippen LogP contribution in [0.5, 0.6) is 0 Å². The Bertz CT molecular complexity index is 149. The van der Waals surface area contributed by atoms with Crippen molar-refractivity contribution in [2.24, 2.45) is 0 Å². The summed E-state index contributed by atoms with van der Waals surface area (Å²) in [6.45, 7) is 1.88. The molecular weight excluding hydrogens is 149 g/mol. The van der Waals surface area contributed by atoms with E-state index in [0.29, 0.717) is 26.3 Å². The van der Waals surface area contributed by atoms with Crippen LogP contribution in [-0.4, -0.2) is 54.6 Å². The first-order chi connectivity index (χ1) is 5.27. The maximum absolute atomic E-state index is 12.4. The summed E-state index contributed by atoms with van der Waals surface area (Å²) in [6, 6.07) is 0.0435. The molecule has 0 aliphatic carbocycles. The number of hydrogen-bond donors (Lipinski definition) is 1. The summed E-state index contributed by atoms with van der Waals surface area (Å²) in [4.78, 5) is 1.93. The van der Waals surface area contributed by atoms with Crippen LogP contribution in [0.3, 0.4) is 0 Å². The minimum atomic E-state index is -0.692. The first-order valence-corrected chi connectivity index (χ1v) is 3.91. The molecule has 0 aromatic carbocycles. The van der Waals surface area contributed by atoms with E-state index >= 15 is 0 Å². The zero-order valence-electron chi connectivity index (χ0n) is 6.24. The van der Waals surface area contributed by atoms with Gasteiger partial charge >= 0.3 is 0 Å². The summed E-state index contributed by atoms with van der Waals surface area (Å²) in [5.74, 6) is 0. The van der Waals surface area contributed by atoms with Gasteiger partial charge in [0, 0.05) is 13.1 Å².